The molecule has 2 unspecified atom stereocenters. The molecule has 1 saturated heterocycles. The van der Waals surface area contributed by atoms with Crippen molar-refractivity contribution in [2.24, 2.45) is 11.3 Å². The molecule has 3 fully saturated rings. The van der Waals surface area contributed by atoms with Crippen molar-refractivity contribution >= 4 is 11.9 Å². The number of aliphatic carboxylic acids is 1. The molecule has 2 aliphatic carbocycles. The van der Waals surface area contributed by atoms with Gasteiger partial charge in [-0.15, -0.1) is 0 Å². The molecule has 1 aliphatic heterocycles. The van der Waals surface area contributed by atoms with Gasteiger partial charge in [0, 0.05) is 12.5 Å². The van der Waals surface area contributed by atoms with E-state index in [1.807, 2.05) is 0 Å². The van der Waals surface area contributed by atoms with Crippen molar-refractivity contribution in [3.05, 3.63) is 0 Å². The third kappa shape index (κ3) is 2.36. The normalized spacial score (nSPS) is 32.5. The van der Waals surface area contributed by atoms with Crippen LogP contribution < -0.4 is 0 Å². The summed E-state index contributed by atoms with van der Waals surface area (Å²) in [7, 11) is 0. The predicted molar refractivity (Wildman–Crippen MR) is 67.6 cm³/mol. The van der Waals surface area contributed by atoms with E-state index in [0.717, 1.165) is 6.42 Å². The fraction of sp³-hybridized carbons (Fsp3) is 0.857. The van der Waals surface area contributed by atoms with Gasteiger partial charge in [0.25, 0.3) is 0 Å². The van der Waals surface area contributed by atoms with Crippen LogP contribution in [-0.4, -0.2) is 47.7 Å². The summed E-state index contributed by atoms with van der Waals surface area (Å²) in [5, 5.41) is 8.93. The summed E-state index contributed by atoms with van der Waals surface area (Å²) >= 11 is 0. The first-order chi connectivity index (χ1) is 9.12. The van der Waals surface area contributed by atoms with Crippen LogP contribution in [0.2, 0.25) is 0 Å². The summed E-state index contributed by atoms with van der Waals surface area (Å²) in [6.07, 6.45) is 5.85. The quantitative estimate of drug-likeness (QED) is 0.836. The smallest absolute Gasteiger partial charge is 0.305 e. The summed E-state index contributed by atoms with van der Waals surface area (Å²) in [6.45, 7) is 1.43. The van der Waals surface area contributed by atoms with E-state index in [4.69, 9.17) is 9.84 Å². The van der Waals surface area contributed by atoms with Gasteiger partial charge in [0.2, 0.25) is 5.91 Å². The van der Waals surface area contributed by atoms with Gasteiger partial charge in [-0.05, 0) is 24.7 Å². The monoisotopic (exact) mass is 267 g/mol. The maximum Gasteiger partial charge on any atom is 0.305 e. The Bertz CT molecular complexity index is 389. The van der Waals surface area contributed by atoms with E-state index >= 15 is 0 Å². The van der Waals surface area contributed by atoms with Gasteiger partial charge in [-0.3, -0.25) is 9.59 Å². The van der Waals surface area contributed by atoms with Gasteiger partial charge in [-0.25, -0.2) is 0 Å². The zero-order valence-corrected chi connectivity index (χ0v) is 11.1. The molecule has 0 aromatic rings. The van der Waals surface area contributed by atoms with Crippen molar-refractivity contribution in [3.8, 4) is 0 Å². The van der Waals surface area contributed by atoms with E-state index in [2.05, 4.69) is 0 Å². The minimum atomic E-state index is -0.861. The molecule has 0 bridgehead atoms. The molecule has 0 aromatic carbocycles. The largest absolute Gasteiger partial charge is 0.481 e. The minimum Gasteiger partial charge on any atom is -0.481 e. The first-order valence-corrected chi connectivity index (χ1v) is 7.22. The zero-order valence-electron chi connectivity index (χ0n) is 11.1. The number of nitrogens with zero attached hydrogens (tertiary/aromatic N) is 1. The molecule has 0 radical (unpaired) electrons. The van der Waals surface area contributed by atoms with Crippen molar-refractivity contribution < 1.29 is 19.4 Å². The fourth-order valence-corrected chi connectivity index (χ4v) is 3.84. The molecule has 5 heteroatoms. The number of amides is 1. The molecular formula is C14H21NO4. The standard InChI is InChI=1S/C14H21NO4/c16-12(17)7-10-9-19-6-5-15(10)13(18)11-8-14(11)3-1-2-4-14/h10-11H,1-9H2,(H,16,17). The van der Waals surface area contributed by atoms with Crippen molar-refractivity contribution in [2.75, 3.05) is 19.8 Å². The summed E-state index contributed by atoms with van der Waals surface area (Å²) in [5.41, 5.74) is 0.281. The van der Waals surface area contributed by atoms with E-state index in [-0.39, 0.29) is 29.7 Å². The summed E-state index contributed by atoms with van der Waals surface area (Å²) in [4.78, 5) is 25.2. The minimum absolute atomic E-state index is 0.00847. The molecule has 106 valence electrons. The van der Waals surface area contributed by atoms with Crippen molar-refractivity contribution in [3.63, 3.8) is 0 Å². The molecule has 1 amide bonds. The van der Waals surface area contributed by atoms with E-state index in [0.29, 0.717) is 19.8 Å². The highest BCUT2D eigenvalue weighted by atomic mass is 16.5. The lowest BCUT2D eigenvalue weighted by molar-refractivity contribution is -0.147. The Labute approximate surface area is 112 Å². The Kier molecular flexibility index (Phi) is 3.25. The molecule has 19 heavy (non-hydrogen) atoms. The Morgan fingerprint density at radius 2 is 2.05 bits per heavy atom. The number of carbonyl (C=O) groups excluding carboxylic acids is 1. The van der Waals surface area contributed by atoms with Crippen LogP contribution in [0, 0.1) is 11.3 Å². The number of hydrogen-bond acceptors (Lipinski definition) is 3. The first-order valence-electron chi connectivity index (χ1n) is 7.22. The van der Waals surface area contributed by atoms with Gasteiger partial charge in [-0.2, -0.15) is 0 Å². The summed E-state index contributed by atoms with van der Waals surface area (Å²) < 4.78 is 5.32. The molecule has 2 saturated carbocycles. The Hall–Kier alpha value is -1.10. The lowest BCUT2D eigenvalue weighted by atomic mass is 10.0. The van der Waals surface area contributed by atoms with Gasteiger partial charge >= 0.3 is 5.97 Å². The third-order valence-electron chi connectivity index (χ3n) is 5.01. The number of ether oxygens (including phenoxy) is 1. The van der Waals surface area contributed by atoms with Crippen LogP contribution in [0.1, 0.15) is 38.5 Å². The number of carboxylic acid groups (broad SMARTS) is 1. The average Bonchev–Trinajstić information content (AvgIpc) is 2.86. The maximum absolute atomic E-state index is 12.6. The van der Waals surface area contributed by atoms with Crippen LogP contribution in [0.4, 0.5) is 0 Å². The van der Waals surface area contributed by atoms with Gasteiger partial charge in [-0.1, -0.05) is 12.8 Å². The van der Waals surface area contributed by atoms with Crippen LogP contribution in [0.25, 0.3) is 0 Å². The van der Waals surface area contributed by atoms with Crippen LogP contribution in [0.15, 0.2) is 0 Å². The zero-order chi connectivity index (χ0) is 13.5. The second kappa shape index (κ2) is 4.78. The lowest BCUT2D eigenvalue weighted by Crippen LogP contribution is -2.50. The maximum atomic E-state index is 12.6. The van der Waals surface area contributed by atoms with Gasteiger partial charge in [0.15, 0.2) is 0 Å². The Morgan fingerprint density at radius 3 is 2.74 bits per heavy atom. The van der Waals surface area contributed by atoms with Crippen LogP contribution in [0.3, 0.4) is 0 Å². The lowest BCUT2D eigenvalue weighted by Gasteiger charge is -2.35. The Balaban J connectivity index is 1.66. The highest BCUT2D eigenvalue weighted by Crippen LogP contribution is 2.63. The molecule has 2 atom stereocenters. The first kappa shape index (κ1) is 12.9. The van der Waals surface area contributed by atoms with Crippen molar-refractivity contribution in [2.45, 2.75) is 44.6 Å². The molecule has 5 nitrogen and oxygen atoms in total. The number of rotatable bonds is 3. The SMILES string of the molecule is O=C(O)CC1COCCN1C(=O)C1CC12CCCC2. The van der Waals surface area contributed by atoms with E-state index in [1.165, 1.54) is 25.7 Å². The average molecular weight is 267 g/mol. The molecule has 1 N–H and O–H groups in total. The topological polar surface area (TPSA) is 66.8 Å². The van der Waals surface area contributed by atoms with E-state index < -0.39 is 5.97 Å². The van der Waals surface area contributed by atoms with Gasteiger partial charge in [0.1, 0.15) is 0 Å². The number of carbonyl (C=O) groups is 2. The molecule has 3 rings (SSSR count). The molecule has 3 aliphatic rings. The van der Waals surface area contributed by atoms with E-state index in [1.54, 1.807) is 4.90 Å². The molecule has 0 aromatic heterocycles. The highest BCUT2D eigenvalue weighted by Gasteiger charge is 2.60. The number of carboxylic acids is 1. The van der Waals surface area contributed by atoms with Gasteiger partial charge in [0.05, 0.1) is 25.7 Å². The second-order valence-electron chi connectivity index (χ2n) is 6.18. The fourth-order valence-electron chi connectivity index (χ4n) is 3.84. The third-order valence-corrected chi connectivity index (χ3v) is 5.01. The van der Waals surface area contributed by atoms with Crippen LogP contribution in [-0.2, 0) is 14.3 Å². The summed E-state index contributed by atoms with van der Waals surface area (Å²) in [6, 6.07) is -0.280. The number of morpholine rings is 1. The Morgan fingerprint density at radius 1 is 1.32 bits per heavy atom. The molecular weight excluding hydrogens is 246 g/mol. The van der Waals surface area contributed by atoms with Crippen molar-refractivity contribution in [1.82, 2.24) is 4.90 Å². The molecule has 1 spiro atoms. The second-order valence-corrected chi connectivity index (χ2v) is 6.18. The summed E-state index contributed by atoms with van der Waals surface area (Å²) in [5.74, 6) is -0.527. The number of hydrogen-bond donors (Lipinski definition) is 1. The highest BCUT2D eigenvalue weighted by molar-refractivity contribution is 5.83. The van der Waals surface area contributed by atoms with E-state index in [9.17, 15) is 9.59 Å². The van der Waals surface area contributed by atoms with Crippen LogP contribution in [0.5, 0.6) is 0 Å². The predicted octanol–water partition coefficient (Wildman–Crippen LogP) is 1.27. The van der Waals surface area contributed by atoms with Gasteiger partial charge < -0.3 is 14.7 Å². The molecule has 1 heterocycles. The van der Waals surface area contributed by atoms with Crippen LogP contribution >= 0.6 is 0 Å². The van der Waals surface area contributed by atoms with Crippen molar-refractivity contribution in [1.29, 1.82) is 0 Å².